The molecular formula is C25H28N2O4S. The third kappa shape index (κ3) is 6.18. The number of carbonyl (C=O) groups is 1. The van der Waals surface area contributed by atoms with E-state index in [9.17, 15) is 13.2 Å². The highest BCUT2D eigenvalue weighted by atomic mass is 32.2. The highest BCUT2D eigenvalue weighted by Gasteiger charge is 2.28. The Morgan fingerprint density at radius 1 is 0.906 bits per heavy atom. The van der Waals surface area contributed by atoms with Gasteiger partial charge in [0.2, 0.25) is 15.9 Å². The number of rotatable bonds is 9. The minimum Gasteiger partial charge on any atom is -0.495 e. The molecule has 0 aliphatic rings. The van der Waals surface area contributed by atoms with Crippen LogP contribution in [0, 0.1) is 13.8 Å². The second kappa shape index (κ2) is 10.4. The van der Waals surface area contributed by atoms with Crippen LogP contribution in [0.15, 0.2) is 77.7 Å². The van der Waals surface area contributed by atoms with Crippen molar-refractivity contribution >= 4 is 15.9 Å². The number of carbonyl (C=O) groups excluding carboxylic acids is 1. The fourth-order valence-corrected chi connectivity index (χ4v) is 4.75. The Labute approximate surface area is 189 Å². The third-order valence-corrected chi connectivity index (χ3v) is 6.59. The van der Waals surface area contributed by atoms with Crippen LogP contribution in [0.1, 0.15) is 22.3 Å². The van der Waals surface area contributed by atoms with Crippen LogP contribution in [0.5, 0.6) is 5.75 Å². The average molecular weight is 453 g/mol. The van der Waals surface area contributed by atoms with Crippen LogP contribution in [-0.2, 0) is 27.8 Å². The lowest BCUT2D eigenvalue weighted by atomic mass is 10.1. The highest BCUT2D eigenvalue weighted by molar-refractivity contribution is 7.89. The van der Waals surface area contributed by atoms with Crippen molar-refractivity contribution in [1.29, 1.82) is 0 Å². The zero-order valence-electron chi connectivity index (χ0n) is 18.5. The van der Waals surface area contributed by atoms with Crippen molar-refractivity contribution in [2.75, 3.05) is 7.11 Å². The van der Waals surface area contributed by atoms with Gasteiger partial charge in [-0.3, -0.25) is 4.79 Å². The van der Waals surface area contributed by atoms with E-state index in [-0.39, 0.29) is 17.1 Å². The number of aryl methyl sites for hydroxylation is 2. The van der Waals surface area contributed by atoms with Crippen LogP contribution in [0.3, 0.4) is 0 Å². The van der Waals surface area contributed by atoms with E-state index in [0.717, 1.165) is 22.3 Å². The van der Waals surface area contributed by atoms with Gasteiger partial charge in [0.1, 0.15) is 16.7 Å². The van der Waals surface area contributed by atoms with Gasteiger partial charge in [-0.25, -0.2) is 8.42 Å². The summed E-state index contributed by atoms with van der Waals surface area (Å²) in [6, 6.07) is 21.0. The molecule has 0 heterocycles. The van der Waals surface area contributed by atoms with Crippen LogP contribution in [0.4, 0.5) is 0 Å². The van der Waals surface area contributed by atoms with Gasteiger partial charge in [-0.05, 0) is 49.1 Å². The van der Waals surface area contributed by atoms with Crippen LogP contribution in [0.25, 0.3) is 0 Å². The van der Waals surface area contributed by atoms with Crippen LogP contribution in [0.2, 0.25) is 0 Å². The number of amides is 1. The van der Waals surface area contributed by atoms with E-state index in [1.54, 1.807) is 19.1 Å². The Balaban J connectivity index is 1.84. The van der Waals surface area contributed by atoms with E-state index in [2.05, 4.69) is 10.0 Å². The number of ether oxygens (including phenoxy) is 1. The molecule has 1 atom stereocenters. The lowest BCUT2D eigenvalue weighted by molar-refractivity contribution is -0.122. The lowest BCUT2D eigenvalue weighted by Crippen LogP contribution is -2.47. The largest absolute Gasteiger partial charge is 0.495 e. The second-order valence-electron chi connectivity index (χ2n) is 7.72. The first-order chi connectivity index (χ1) is 15.3. The molecule has 0 aliphatic heterocycles. The van der Waals surface area contributed by atoms with Gasteiger partial charge in [0, 0.05) is 6.54 Å². The molecule has 6 nitrogen and oxygen atoms in total. The Morgan fingerprint density at radius 2 is 1.56 bits per heavy atom. The predicted octanol–water partition coefficient (Wildman–Crippen LogP) is 3.52. The second-order valence-corrected chi connectivity index (χ2v) is 9.40. The maximum absolute atomic E-state index is 13.2. The summed E-state index contributed by atoms with van der Waals surface area (Å²) in [6.45, 7) is 4.10. The zero-order valence-corrected chi connectivity index (χ0v) is 19.3. The SMILES string of the molecule is COc1ccc(C)cc1S(=O)(=O)NC(Cc1ccccc1)C(=O)NCc1ccc(C)cc1. The van der Waals surface area contributed by atoms with E-state index in [1.807, 2.05) is 61.5 Å². The maximum Gasteiger partial charge on any atom is 0.244 e. The van der Waals surface area contributed by atoms with Gasteiger partial charge in [0.15, 0.2) is 0 Å². The average Bonchev–Trinajstić information content (AvgIpc) is 2.78. The molecule has 0 aromatic heterocycles. The molecular weight excluding hydrogens is 424 g/mol. The number of methoxy groups -OCH3 is 1. The van der Waals surface area contributed by atoms with Gasteiger partial charge >= 0.3 is 0 Å². The molecule has 0 saturated heterocycles. The van der Waals surface area contributed by atoms with Crippen molar-refractivity contribution in [1.82, 2.24) is 10.0 Å². The van der Waals surface area contributed by atoms with Crippen molar-refractivity contribution in [3.63, 3.8) is 0 Å². The molecule has 2 N–H and O–H groups in total. The highest BCUT2D eigenvalue weighted by Crippen LogP contribution is 2.25. The van der Waals surface area contributed by atoms with Crippen molar-refractivity contribution in [2.24, 2.45) is 0 Å². The summed E-state index contributed by atoms with van der Waals surface area (Å²) in [6.07, 6.45) is 0.216. The van der Waals surface area contributed by atoms with E-state index >= 15 is 0 Å². The first kappa shape index (κ1) is 23.5. The quantitative estimate of drug-likeness (QED) is 0.520. The number of hydrogen-bond acceptors (Lipinski definition) is 4. The smallest absolute Gasteiger partial charge is 0.244 e. The van der Waals surface area contributed by atoms with Gasteiger partial charge in [0.25, 0.3) is 0 Å². The Hall–Kier alpha value is -3.16. The van der Waals surface area contributed by atoms with Gasteiger partial charge in [0.05, 0.1) is 7.11 Å². The summed E-state index contributed by atoms with van der Waals surface area (Å²) in [5, 5.41) is 2.86. The van der Waals surface area contributed by atoms with Gasteiger partial charge in [-0.1, -0.05) is 66.2 Å². The number of sulfonamides is 1. The number of hydrogen-bond donors (Lipinski definition) is 2. The zero-order chi connectivity index (χ0) is 23.1. The Kier molecular flexibility index (Phi) is 7.66. The van der Waals surface area contributed by atoms with Gasteiger partial charge < -0.3 is 10.1 Å². The van der Waals surface area contributed by atoms with Crippen molar-refractivity contribution in [3.05, 3.63) is 95.1 Å². The summed E-state index contributed by atoms with van der Waals surface area (Å²) in [5.41, 5.74) is 3.68. The van der Waals surface area contributed by atoms with Crippen molar-refractivity contribution < 1.29 is 17.9 Å². The van der Waals surface area contributed by atoms with Crippen molar-refractivity contribution in [3.8, 4) is 5.75 Å². The number of benzene rings is 3. The summed E-state index contributed by atoms with van der Waals surface area (Å²) in [7, 11) is -2.60. The molecule has 0 spiro atoms. The molecule has 0 aliphatic carbocycles. The first-order valence-electron chi connectivity index (χ1n) is 10.3. The summed E-state index contributed by atoms with van der Waals surface area (Å²) in [5.74, 6) is -0.175. The standard InChI is InChI=1S/C25H28N2O4S/c1-18-9-12-21(13-10-18)17-26-25(28)22(16-20-7-5-4-6-8-20)27-32(29,30)24-15-19(2)11-14-23(24)31-3/h4-15,22,27H,16-17H2,1-3H3,(H,26,28). The Morgan fingerprint density at radius 3 is 2.22 bits per heavy atom. The third-order valence-electron chi connectivity index (χ3n) is 5.09. The lowest BCUT2D eigenvalue weighted by Gasteiger charge is -2.20. The van der Waals surface area contributed by atoms with Crippen molar-refractivity contribution in [2.45, 2.75) is 37.8 Å². The Bertz CT molecular complexity index is 1160. The first-order valence-corrected chi connectivity index (χ1v) is 11.8. The molecule has 3 rings (SSSR count). The molecule has 0 saturated carbocycles. The molecule has 1 unspecified atom stereocenters. The molecule has 168 valence electrons. The summed E-state index contributed by atoms with van der Waals surface area (Å²) < 4.78 is 34.2. The molecule has 3 aromatic rings. The fraction of sp³-hybridized carbons (Fsp3) is 0.240. The van der Waals surface area contributed by atoms with E-state index in [1.165, 1.54) is 13.2 Å². The molecule has 7 heteroatoms. The minimum atomic E-state index is -4.01. The maximum atomic E-state index is 13.2. The van der Waals surface area contributed by atoms with Crippen LogP contribution in [-0.4, -0.2) is 27.5 Å². The van der Waals surface area contributed by atoms with E-state index < -0.39 is 22.0 Å². The fourth-order valence-electron chi connectivity index (χ4n) is 3.30. The minimum absolute atomic E-state index is 0.00407. The molecule has 1 amide bonds. The monoisotopic (exact) mass is 452 g/mol. The normalized spacial score (nSPS) is 12.2. The molecule has 0 radical (unpaired) electrons. The van der Waals surface area contributed by atoms with E-state index in [0.29, 0.717) is 6.54 Å². The van der Waals surface area contributed by atoms with Crippen LogP contribution < -0.4 is 14.8 Å². The molecule has 0 fully saturated rings. The van der Waals surface area contributed by atoms with Gasteiger partial charge in [-0.2, -0.15) is 4.72 Å². The summed E-state index contributed by atoms with van der Waals surface area (Å²) >= 11 is 0. The topological polar surface area (TPSA) is 84.5 Å². The van der Waals surface area contributed by atoms with E-state index in [4.69, 9.17) is 4.74 Å². The van der Waals surface area contributed by atoms with Crippen LogP contribution >= 0.6 is 0 Å². The predicted molar refractivity (Wildman–Crippen MR) is 125 cm³/mol. The van der Waals surface area contributed by atoms with Gasteiger partial charge in [-0.15, -0.1) is 0 Å². The number of nitrogens with one attached hydrogen (secondary N) is 2. The molecule has 3 aromatic carbocycles. The molecule has 0 bridgehead atoms. The molecule has 32 heavy (non-hydrogen) atoms. The summed E-state index contributed by atoms with van der Waals surface area (Å²) in [4.78, 5) is 13.1.